The Morgan fingerprint density at radius 2 is 1.97 bits per heavy atom. The predicted molar refractivity (Wildman–Crippen MR) is 112 cm³/mol. The van der Waals surface area contributed by atoms with Crippen molar-refractivity contribution in [2.75, 3.05) is 11.1 Å². The smallest absolute Gasteiger partial charge is 0.359 e. The summed E-state index contributed by atoms with van der Waals surface area (Å²) in [5.74, 6) is 0.570. The van der Waals surface area contributed by atoms with Crippen molar-refractivity contribution in [3.8, 4) is 6.07 Å². The molecule has 1 atom stereocenters. The van der Waals surface area contributed by atoms with Crippen LogP contribution in [0.15, 0.2) is 58.6 Å². The van der Waals surface area contributed by atoms with Gasteiger partial charge in [-0.2, -0.15) is 18.4 Å². The van der Waals surface area contributed by atoms with Crippen LogP contribution in [0.2, 0.25) is 0 Å². The fourth-order valence-electron chi connectivity index (χ4n) is 3.65. The van der Waals surface area contributed by atoms with Crippen LogP contribution in [0, 0.1) is 11.3 Å². The molecule has 2 aromatic rings. The number of carbonyl (C=O) groups is 1. The maximum atomic E-state index is 13.0. The zero-order valence-corrected chi connectivity index (χ0v) is 17.5. The predicted octanol–water partition coefficient (Wildman–Crippen LogP) is 6.52. The Morgan fingerprint density at radius 3 is 2.63 bits per heavy atom. The van der Waals surface area contributed by atoms with Crippen molar-refractivity contribution in [3.63, 3.8) is 0 Å². The number of halogens is 3. The van der Waals surface area contributed by atoms with E-state index in [2.05, 4.69) is 11.4 Å². The second-order valence-electron chi connectivity index (χ2n) is 7.04. The standard InChI is InChI=1S/C23H21F3N2OS/c1-3-30-21-11-15(13-27)7-8-18(21)14(2)22-19(9-10-20(22)29)28-17-6-4-5-16(12-17)23(24,25)26/h4-8,11-12,14,28H,3,9-10H2,1-2H3. The molecule has 0 fully saturated rings. The number of Topliss-reactive ketones (excluding diaryl/α,β-unsaturated/α-hetero) is 1. The highest BCUT2D eigenvalue weighted by Gasteiger charge is 2.32. The summed E-state index contributed by atoms with van der Waals surface area (Å²) >= 11 is 1.60. The van der Waals surface area contributed by atoms with Crippen LogP contribution in [0.4, 0.5) is 18.9 Å². The number of carbonyl (C=O) groups excluding carboxylic acids is 1. The highest BCUT2D eigenvalue weighted by Crippen LogP contribution is 2.39. The van der Waals surface area contributed by atoms with Gasteiger partial charge in [0, 0.05) is 34.2 Å². The molecule has 0 saturated heterocycles. The minimum absolute atomic E-state index is 0.00576. The topological polar surface area (TPSA) is 52.9 Å². The van der Waals surface area contributed by atoms with E-state index in [0.717, 1.165) is 28.3 Å². The molecule has 0 amide bonds. The summed E-state index contributed by atoms with van der Waals surface area (Å²) in [6.07, 6.45) is -3.64. The third-order valence-electron chi connectivity index (χ3n) is 5.05. The summed E-state index contributed by atoms with van der Waals surface area (Å²) in [5.41, 5.74) is 2.31. The molecule has 7 heteroatoms. The molecule has 2 aromatic carbocycles. The van der Waals surface area contributed by atoms with Crippen molar-refractivity contribution in [2.45, 2.75) is 43.7 Å². The van der Waals surface area contributed by atoms with Crippen LogP contribution in [0.3, 0.4) is 0 Å². The highest BCUT2D eigenvalue weighted by molar-refractivity contribution is 7.99. The fourth-order valence-corrected chi connectivity index (χ4v) is 4.59. The number of allylic oxidation sites excluding steroid dienone is 2. The Hall–Kier alpha value is -2.72. The zero-order chi connectivity index (χ0) is 21.9. The van der Waals surface area contributed by atoms with E-state index in [1.54, 1.807) is 23.9 Å². The molecule has 0 heterocycles. The Morgan fingerprint density at radius 1 is 1.20 bits per heavy atom. The summed E-state index contributed by atoms with van der Waals surface area (Å²) in [5, 5.41) is 12.2. The highest BCUT2D eigenvalue weighted by atomic mass is 32.2. The van der Waals surface area contributed by atoms with Gasteiger partial charge >= 0.3 is 6.18 Å². The molecular formula is C23H21F3N2OS. The van der Waals surface area contributed by atoms with Gasteiger partial charge in [-0.25, -0.2) is 0 Å². The zero-order valence-electron chi connectivity index (χ0n) is 16.6. The van der Waals surface area contributed by atoms with Crippen molar-refractivity contribution in [1.82, 2.24) is 0 Å². The number of thioether (sulfide) groups is 1. The van der Waals surface area contributed by atoms with Gasteiger partial charge < -0.3 is 5.32 Å². The molecule has 1 unspecified atom stereocenters. The number of nitrogens with one attached hydrogen (secondary N) is 1. The van der Waals surface area contributed by atoms with Crippen LogP contribution in [-0.2, 0) is 11.0 Å². The molecule has 1 aliphatic carbocycles. The van der Waals surface area contributed by atoms with Gasteiger partial charge in [0.1, 0.15) is 0 Å². The number of benzene rings is 2. The third kappa shape index (κ3) is 4.71. The summed E-state index contributed by atoms with van der Waals surface area (Å²) in [6, 6.07) is 12.5. The Bertz CT molecular complexity index is 1040. The lowest BCUT2D eigenvalue weighted by Crippen LogP contribution is -2.11. The minimum atomic E-state index is -4.43. The fraction of sp³-hybridized carbons (Fsp3) is 0.304. The van der Waals surface area contributed by atoms with E-state index in [0.29, 0.717) is 35.4 Å². The van der Waals surface area contributed by atoms with Crippen LogP contribution in [0.25, 0.3) is 0 Å². The molecule has 0 bridgehead atoms. The van der Waals surface area contributed by atoms with Gasteiger partial charge in [0.05, 0.1) is 17.2 Å². The molecule has 0 saturated carbocycles. The molecule has 0 spiro atoms. The van der Waals surface area contributed by atoms with Gasteiger partial charge in [-0.1, -0.05) is 26.0 Å². The molecule has 0 radical (unpaired) electrons. The maximum Gasteiger partial charge on any atom is 0.416 e. The third-order valence-corrected chi connectivity index (χ3v) is 6.01. The van der Waals surface area contributed by atoms with Crippen LogP contribution in [-0.4, -0.2) is 11.5 Å². The van der Waals surface area contributed by atoms with E-state index >= 15 is 0 Å². The van der Waals surface area contributed by atoms with E-state index in [9.17, 15) is 23.2 Å². The second kappa shape index (κ2) is 8.97. The average Bonchev–Trinajstić information content (AvgIpc) is 3.07. The van der Waals surface area contributed by atoms with Gasteiger partial charge in [0.25, 0.3) is 0 Å². The molecule has 156 valence electrons. The lowest BCUT2D eigenvalue weighted by atomic mass is 9.90. The van der Waals surface area contributed by atoms with Crippen molar-refractivity contribution in [1.29, 1.82) is 5.26 Å². The summed E-state index contributed by atoms with van der Waals surface area (Å²) in [6.45, 7) is 3.94. The molecule has 1 N–H and O–H groups in total. The first-order chi connectivity index (χ1) is 14.2. The summed E-state index contributed by atoms with van der Waals surface area (Å²) in [4.78, 5) is 13.6. The van der Waals surface area contributed by atoms with Crippen molar-refractivity contribution in [2.24, 2.45) is 0 Å². The number of rotatable bonds is 6. The first-order valence-electron chi connectivity index (χ1n) is 9.62. The SMILES string of the molecule is CCSc1cc(C#N)ccc1C(C)C1=C(Nc2cccc(C(F)(F)F)c2)CCC1=O. The number of ketones is 1. The molecule has 0 aliphatic heterocycles. The molecule has 3 rings (SSSR count). The molecular weight excluding hydrogens is 409 g/mol. The molecule has 0 aromatic heterocycles. The molecule has 30 heavy (non-hydrogen) atoms. The minimum Gasteiger partial charge on any atom is -0.359 e. The number of hydrogen-bond donors (Lipinski definition) is 1. The number of anilines is 1. The lowest BCUT2D eigenvalue weighted by molar-refractivity contribution is -0.137. The van der Waals surface area contributed by atoms with Crippen molar-refractivity contribution in [3.05, 3.63) is 70.4 Å². The molecule has 1 aliphatic rings. The van der Waals surface area contributed by atoms with Crippen LogP contribution in [0.5, 0.6) is 0 Å². The van der Waals surface area contributed by atoms with E-state index in [1.807, 2.05) is 26.0 Å². The van der Waals surface area contributed by atoms with Crippen molar-refractivity contribution < 1.29 is 18.0 Å². The summed E-state index contributed by atoms with van der Waals surface area (Å²) < 4.78 is 39.1. The monoisotopic (exact) mass is 430 g/mol. The van der Waals surface area contributed by atoms with E-state index in [4.69, 9.17) is 0 Å². The lowest BCUT2D eigenvalue weighted by Gasteiger charge is -2.20. The largest absolute Gasteiger partial charge is 0.416 e. The van der Waals surface area contributed by atoms with Gasteiger partial charge in [-0.15, -0.1) is 11.8 Å². The normalized spacial score (nSPS) is 15.3. The van der Waals surface area contributed by atoms with E-state index in [1.165, 1.54) is 6.07 Å². The van der Waals surface area contributed by atoms with Crippen LogP contribution >= 0.6 is 11.8 Å². The number of nitrogens with zero attached hydrogens (tertiary/aromatic N) is 1. The Balaban J connectivity index is 1.98. The van der Waals surface area contributed by atoms with Gasteiger partial charge in [-0.05, 0) is 48.1 Å². The average molecular weight is 430 g/mol. The number of hydrogen-bond acceptors (Lipinski definition) is 4. The quantitative estimate of drug-likeness (QED) is 0.530. The molecule has 3 nitrogen and oxygen atoms in total. The van der Waals surface area contributed by atoms with Crippen molar-refractivity contribution >= 4 is 23.2 Å². The van der Waals surface area contributed by atoms with Gasteiger partial charge in [-0.3, -0.25) is 4.79 Å². The van der Waals surface area contributed by atoms with E-state index in [-0.39, 0.29) is 11.7 Å². The Kier molecular flexibility index (Phi) is 6.57. The number of nitriles is 1. The van der Waals surface area contributed by atoms with Gasteiger partial charge in [0.15, 0.2) is 5.78 Å². The number of alkyl halides is 3. The van der Waals surface area contributed by atoms with Crippen LogP contribution in [0.1, 0.15) is 49.3 Å². The second-order valence-corrected chi connectivity index (χ2v) is 8.34. The van der Waals surface area contributed by atoms with Gasteiger partial charge in [0.2, 0.25) is 0 Å². The van der Waals surface area contributed by atoms with Crippen LogP contribution < -0.4 is 5.32 Å². The Labute approximate surface area is 178 Å². The summed E-state index contributed by atoms with van der Waals surface area (Å²) in [7, 11) is 0. The maximum absolute atomic E-state index is 13.0. The first kappa shape index (κ1) is 22.0. The van der Waals surface area contributed by atoms with E-state index < -0.39 is 11.7 Å². The first-order valence-corrected chi connectivity index (χ1v) is 10.6.